The zero-order valence-electron chi connectivity index (χ0n) is 26.6. The minimum absolute atomic E-state index is 0.145. The van der Waals surface area contributed by atoms with Crippen LogP contribution in [0.15, 0.2) is 60.7 Å². The first kappa shape index (κ1) is 36.4. The number of hydrogen-bond acceptors (Lipinski definition) is 8. The molecule has 2 saturated heterocycles. The van der Waals surface area contributed by atoms with Gasteiger partial charge in [-0.25, -0.2) is 0 Å². The normalized spacial score (nSPS) is 27.7. The fraction of sp³-hybridized carbons (Fsp3) is 0.543. The molecule has 8 nitrogen and oxygen atoms in total. The van der Waals surface area contributed by atoms with E-state index < -0.39 is 18.3 Å². The predicted molar refractivity (Wildman–Crippen MR) is 169 cm³/mol. The largest absolute Gasteiger partial charge is 0.388 e. The summed E-state index contributed by atoms with van der Waals surface area (Å²) in [5.74, 6) is 4.92. The summed E-state index contributed by atoms with van der Waals surface area (Å²) in [5.41, 5.74) is 5.04. The quantitative estimate of drug-likeness (QED) is 0.350. The number of nitrogens with one attached hydrogen (secondary N) is 1. The number of aliphatic hydroxyl groups excluding tert-OH is 2. The van der Waals surface area contributed by atoms with Gasteiger partial charge in [0.05, 0.1) is 37.5 Å². The molecule has 2 aromatic carbocycles. The molecular formula is C35H50N2O6. The van der Waals surface area contributed by atoms with Crippen LogP contribution in [-0.4, -0.2) is 71.0 Å². The number of likely N-dealkylation sites (N-methyl/N-ethyl adjacent to an activating group) is 1. The smallest absolute Gasteiger partial charge is 0.120 e. The van der Waals surface area contributed by atoms with Gasteiger partial charge in [0.1, 0.15) is 24.4 Å². The minimum Gasteiger partial charge on any atom is -0.388 e. The van der Waals surface area contributed by atoms with Crippen molar-refractivity contribution in [3.63, 3.8) is 0 Å². The molecule has 2 heterocycles. The lowest BCUT2D eigenvalue weighted by Gasteiger charge is -2.26. The molecule has 2 aliphatic rings. The van der Waals surface area contributed by atoms with E-state index in [0.717, 1.165) is 11.1 Å². The number of terminal acetylenes is 2. The summed E-state index contributed by atoms with van der Waals surface area (Å²) in [6.07, 6.45) is 8.34. The van der Waals surface area contributed by atoms with E-state index in [1.807, 2.05) is 102 Å². The van der Waals surface area contributed by atoms with Gasteiger partial charge in [-0.05, 0) is 38.8 Å². The van der Waals surface area contributed by atoms with E-state index in [2.05, 4.69) is 17.3 Å². The van der Waals surface area contributed by atoms with Crippen molar-refractivity contribution >= 4 is 0 Å². The summed E-state index contributed by atoms with van der Waals surface area (Å²) in [6, 6.07) is 19.4. The van der Waals surface area contributed by atoms with Crippen molar-refractivity contribution in [1.29, 1.82) is 0 Å². The number of ether oxygens (including phenoxy) is 2. The molecule has 0 radical (unpaired) electrons. The monoisotopic (exact) mass is 594 g/mol. The van der Waals surface area contributed by atoms with Crippen LogP contribution < -0.4 is 5.48 Å². The van der Waals surface area contributed by atoms with Gasteiger partial charge in [0.15, 0.2) is 0 Å². The highest BCUT2D eigenvalue weighted by molar-refractivity contribution is 5.14. The first-order valence-electron chi connectivity index (χ1n) is 15.1. The highest BCUT2D eigenvalue weighted by atomic mass is 16.7. The van der Waals surface area contributed by atoms with E-state index in [1.54, 1.807) is 12.1 Å². The van der Waals surface area contributed by atoms with Gasteiger partial charge in [-0.15, -0.1) is 24.7 Å². The van der Waals surface area contributed by atoms with Crippen molar-refractivity contribution in [3.05, 3.63) is 71.8 Å². The van der Waals surface area contributed by atoms with E-state index in [9.17, 15) is 10.2 Å². The lowest BCUT2D eigenvalue weighted by molar-refractivity contribution is -0.168. The van der Waals surface area contributed by atoms with E-state index in [1.165, 1.54) is 0 Å². The Kier molecular flexibility index (Phi) is 15.9. The standard InChI is InChI=1S/C17H23NO3.C16H21NO3.C2H6/c1-5-12(2)17-16(19)15(18(4)21-17)13(3)20-11-14-9-7-6-8-10-14;1-4-11(2)16-15(18)14(17-20-16)12(3)19-10-13-8-6-5-7-9-13;1-2/h1,6-10,12-13,15-17,19H,11H2,2-4H3;1,5-9,11-12,14-18H,10H2,2-3H3;1-2H3/t12-,13-,15-,16-,17-;11-,12-,14-,15-,16-;/m11./s1. The Morgan fingerprint density at radius 1 is 0.791 bits per heavy atom. The molecule has 0 amide bonds. The van der Waals surface area contributed by atoms with Crippen LogP contribution in [0.2, 0.25) is 0 Å². The van der Waals surface area contributed by atoms with Gasteiger partial charge in [0.25, 0.3) is 0 Å². The molecule has 2 fully saturated rings. The lowest BCUT2D eigenvalue weighted by atomic mass is 9.94. The Labute approximate surface area is 258 Å². The molecule has 3 N–H and O–H groups in total. The Morgan fingerprint density at radius 2 is 1.26 bits per heavy atom. The van der Waals surface area contributed by atoms with Crippen molar-refractivity contribution in [2.45, 2.75) is 103 Å². The number of hydroxylamine groups is 3. The number of benzene rings is 2. The molecule has 0 bridgehead atoms. The second kappa shape index (κ2) is 18.8. The summed E-state index contributed by atoms with van der Waals surface area (Å²) < 4.78 is 11.7. The van der Waals surface area contributed by atoms with Gasteiger partial charge in [-0.2, -0.15) is 10.5 Å². The van der Waals surface area contributed by atoms with E-state index in [-0.39, 0.29) is 42.2 Å². The topological polar surface area (TPSA) is 92.7 Å². The summed E-state index contributed by atoms with van der Waals surface area (Å²) in [7, 11) is 1.81. The third kappa shape index (κ3) is 10.4. The summed E-state index contributed by atoms with van der Waals surface area (Å²) in [6.45, 7) is 12.6. The molecule has 2 aromatic rings. The fourth-order valence-electron chi connectivity index (χ4n) is 4.96. The average Bonchev–Trinajstić information content (AvgIpc) is 3.58. The second-order valence-electron chi connectivity index (χ2n) is 10.7. The molecule has 0 unspecified atom stereocenters. The second-order valence-corrected chi connectivity index (χ2v) is 10.7. The van der Waals surface area contributed by atoms with Crippen LogP contribution in [0.1, 0.15) is 52.7 Å². The Hall–Kier alpha value is -2.76. The highest BCUT2D eigenvalue weighted by Gasteiger charge is 2.46. The number of rotatable bonds is 10. The van der Waals surface area contributed by atoms with Crippen molar-refractivity contribution < 1.29 is 29.4 Å². The van der Waals surface area contributed by atoms with Gasteiger partial charge in [-0.1, -0.05) is 74.5 Å². The molecule has 2 aliphatic heterocycles. The van der Waals surface area contributed by atoms with Crippen molar-refractivity contribution in [1.82, 2.24) is 10.5 Å². The fourth-order valence-corrected chi connectivity index (χ4v) is 4.96. The Morgan fingerprint density at radius 3 is 1.74 bits per heavy atom. The van der Waals surface area contributed by atoms with Gasteiger partial charge in [-0.3, -0.25) is 9.68 Å². The molecule has 43 heavy (non-hydrogen) atoms. The number of aliphatic hydroxyl groups is 2. The van der Waals surface area contributed by atoms with Crippen LogP contribution in [0.3, 0.4) is 0 Å². The van der Waals surface area contributed by atoms with Crippen LogP contribution in [0, 0.1) is 36.5 Å². The first-order valence-corrected chi connectivity index (χ1v) is 15.1. The van der Waals surface area contributed by atoms with Gasteiger partial charge >= 0.3 is 0 Å². The maximum absolute atomic E-state index is 10.4. The first-order chi connectivity index (χ1) is 20.7. The Bertz CT molecular complexity index is 1120. The van der Waals surface area contributed by atoms with E-state index >= 15 is 0 Å². The van der Waals surface area contributed by atoms with Gasteiger partial charge in [0, 0.05) is 18.9 Å². The summed E-state index contributed by atoms with van der Waals surface area (Å²) in [5, 5.41) is 22.4. The van der Waals surface area contributed by atoms with Crippen LogP contribution >= 0.6 is 0 Å². The number of nitrogens with zero attached hydrogens (tertiary/aromatic N) is 1. The van der Waals surface area contributed by atoms with Crippen LogP contribution in [0.4, 0.5) is 0 Å². The molecule has 0 saturated carbocycles. The zero-order valence-corrected chi connectivity index (χ0v) is 26.6. The van der Waals surface area contributed by atoms with Gasteiger partial charge in [0.2, 0.25) is 0 Å². The lowest BCUT2D eigenvalue weighted by Crippen LogP contribution is -2.44. The van der Waals surface area contributed by atoms with Crippen LogP contribution in [0.5, 0.6) is 0 Å². The molecule has 8 heteroatoms. The molecule has 10 atom stereocenters. The SMILES string of the molecule is C#C[C@@H](C)[C@H]1ON(C)[C@H]([C@@H](C)OCc2ccccc2)[C@H]1O.C#C[C@@H](C)[C@H]1ON[C@H]([C@@H](C)OCc2ccccc2)[C@H]1O.CC. The third-order valence-corrected chi connectivity index (χ3v) is 7.65. The van der Waals surface area contributed by atoms with Crippen molar-refractivity contribution in [2.24, 2.45) is 11.8 Å². The minimum atomic E-state index is -0.674. The zero-order chi connectivity index (χ0) is 31.9. The van der Waals surface area contributed by atoms with Crippen molar-refractivity contribution in [3.8, 4) is 24.7 Å². The maximum atomic E-state index is 10.4. The van der Waals surface area contributed by atoms with E-state index in [0.29, 0.717) is 13.2 Å². The molecule has 0 aromatic heterocycles. The highest BCUT2D eigenvalue weighted by Crippen LogP contribution is 2.29. The number of hydrogen-bond donors (Lipinski definition) is 3. The molecule has 0 aliphatic carbocycles. The molecule has 4 rings (SSSR count). The van der Waals surface area contributed by atoms with Crippen molar-refractivity contribution in [2.75, 3.05) is 7.05 Å². The average molecular weight is 595 g/mol. The molecule has 0 spiro atoms. The molecular weight excluding hydrogens is 544 g/mol. The predicted octanol–water partition coefficient (Wildman–Crippen LogP) is 4.36. The van der Waals surface area contributed by atoms with Crippen LogP contribution in [-0.2, 0) is 32.4 Å². The summed E-state index contributed by atoms with van der Waals surface area (Å²) >= 11 is 0. The maximum Gasteiger partial charge on any atom is 0.120 e. The Balaban J connectivity index is 0.000000284. The van der Waals surface area contributed by atoms with E-state index in [4.69, 9.17) is 32.0 Å². The van der Waals surface area contributed by atoms with Crippen LogP contribution in [0.25, 0.3) is 0 Å². The third-order valence-electron chi connectivity index (χ3n) is 7.65. The van der Waals surface area contributed by atoms with Gasteiger partial charge < -0.3 is 19.7 Å². The molecule has 236 valence electrons. The summed E-state index contributed by atoms with van der Waals surface area (Å²) in [4.78, 5) is 11.1.